The molecule has 2 rings (SSSR count). The van der Waals surface area contributed by atoms with E-state index >= 15 is 0 Å². The number of rotatable bonds is 5. The van der Waals surface area contributed by atoms with Crippen LogP contribution in [-0.2, 0) is 0 Å². The van der Waals surface area contributed by atoms with Gasteiger partial charge >= 0.3 is 0 Å². The SMILES string of the molecule is CCN1CCC(CN2CCC(NC(C)C)C2)C1. The number of hydrogen-bond acceptors (Lipinski definition) is 3. The minimum Gasteiger partial charge on any atom is -0.310 e. The van der Waals surface area contributed by atoms with Gasteiger partial charge in [0.05, 0.1) is 0 Å². The smallest absolute Gasteiger partial charge is 0.0209 e. The molecule has 2 fully saturated rings. The fourth-order valence-corrected chi connectivity index (χ4v) is 3.32. The average Bonchev–Trinajstić information content (AvgIpc) is 2.88. The van der Waals surface area contributed by atoms with Gasteiger partial charge in [0, 0.05) is 31.7 Å². The van der Waals surface area contributed by atoms with Crippen molar-refractivity contribution in [2.24, 2.45) is 5.92 Å². The van der Waals surface area contributed by atoms with E-state index in [2.05, 4.69) is 35.9 Å². The van der Waals surface area contributed by atoms with Crippen molar-refractivity contribution in [3.05, 3.63) is 0 Å². The highest BCUT2D eigenvalue weighted by atomic mass is 15.2. The lowest BCUT2D eigenvalue weighted by Gasteiger charge is -2.21. The Labute approximate surface area is 107 Å². The fourth-order valence-electron chi connectivity index (χ4n) is 3.32. The van der Waals surface area contributed by atoms with Crippen LogP contribution in [0.15, 0.2) is 0 Å². The van der Waals surface area contributed by atoms with Crippen molar-refractivity contribution in [1.29, 1.82) is 0 Å². The van der Waals surface area contributed by atoms with Gasteiger partial charge in [-0.25, -0.2) is 0 Å². The molecule has 1 N–H and O–H groups in total. The van der Waals surface area contributed by atoms with Crippen LogP contribution >= 0.6 is 0 Å². The highest BCUT2D eigenvalue weighted by Crippen LogP contribution is 2.19. The zero-order chi connectivity index (χ0) is 12.3. The zero-order valence-electron chi connectivity index (χ0n) is 11.8. The maximum absolute atomic E-state index is 3.66. The number of nitrogens with one attached hydrogen (secondary N) is 1. The highest BCUT2D eigenvalue weighted by Gasteiger charge is 2.27. The van der Waals surface area contributed by atoms with E-state index in [1.807, 2.05) is 0 Å². The fraction of sp³-hybridized carbons (Fsp3) is 1.00. The third kappa shape index (κ3) is 3.94. The van der Waals surface area contributed by atoms with Crippen molar-refractivity contribution in [1.82, 2.24) is 15.1 Å². The normalized spacial score (nSPS) is 31.8. The molecule has 2 heterocycles. The Morgan fingerprint density at radius 3 is 2.53 bits per heavy atom. The molecule has 0 bridgehead atoms. The van der Waals surface area contributed by atoms with E-state index < -0.39 is 0 Å². The molecule has 0 radical (unpaired) electrons. The van der Waals surface area contributed by atoms with Crippen LogP contribution in [-0.4, -0.2) is 61.2 Å². The molecule has 17 heavy (non-hydrogen) atoms. The van der Waals surface area contributed by atoms with Crippen molar-refractivity contribution in [2.45, 2.75) is 45.7 Å². The molecule has 2 atom stereocenters. The first-order chi connectivity index (χ1) is 8.17. The first-order valence-electron chi connectivity index (χ1n) is 7.38. The molecule has 2 unspecified atom stereocenters. The van der Waals surface area contributed by atoms with Gasteiger partial charge in [0.25, 0.3) is 0 Å². The van der Waals surface area contributed by atoms with E-state index in [0.29, 0.717) is 6.04 Å². The van der Waals surface area contributed by atoms with Crippen LogP contribution in [0.1, 0.15) is 33.6 Å². The summed E-state index contributed by atoms with van der Waals surface area (Å²) in [5.74, 6) is 0.924. The van der Waals surface area contributed by atoms with Gasteiger partial charge in [0.15, 0.2) is 0 Å². The number of hydrogen-bond donors (Lipinski definition) is 1. The molecule has 2 saturated heterocycles. The maximum atomic E-state index is 3.66. The molecule has 100 valence electrons. The summed E-state index contributed by atoms with van der Waals surface area (Å²) >= 11 is 0. The Hall–Kier alpha value is -0.120. The van der Waals surface area contributed by atoms with E-state index in [1.165, 1.54) is 52.1 Å². The first-order valence-corrected chi connectivity index (χ1v) is 7.38. The molecule has 0 saturated carbocycles. The summed E-state index contributed by atoms with van der Waals surface area (Å²) in [6.45, 7) is 14.5. The topological polar surface area (TPSA) is 18.5 Å². The average molecular weight is 239 g/mol. The summed E-state index contributed by atoms with van der Waals surface area (Å²) in [5.41, 5.74) is 0. The van der Waals surface area contributed by atoms with Gasteiger partial charge in [-0.05, 0) is 38.4 Å². The van der Waals surface area contributed by atoms with E-state index in [1.54, 1.807) is 0 Å². The van der Waals surface area contributed by atoms with Crippen molar-refractivity contribution in [3.8, 4) is 0 Å². The van der Waals surface area contributed by atoms with Crippen LogP contribution in [0.5, 0.6) is 0 Å². The molecular weight excluding hydrogens is 210 g/mol. The molecule has 3 nitrogen and oxygen atoms in total. The van der Waals surface area contributed by atoms with E-state index in [0.717, 1.165) is 12.0 Å². The summed E-state index contributed by atoms with van der Waals surface area (Å²) in [5, 5.41) is 3.66. The molecule has 0 aromatic heterocycles. The molecule has 0 aliphatic carbocycles. The molecule has 0 aromatic carbocycles. The Morgan fingerprint density at radius 2 is 1.88 bits per heavy atom. The standard InChI is InChI=1S/C14H29N3/c1-4-16-7-5-13(9-16)10-17-8-6-14(11-17)15-12(2)3/h12-15H,4-11H2,1-3H3. The second kappa shape index (κ2) is 6.17. The third-order valence-electron chi connectivity index (χ3n) is 4.17. The van der Waals surface area contributed by atoms with Crippen LogP contribution in [0.2, 0.25) is 0 Å². The van der Waals surface area contributed by atoms with Gasteiger partial charge in [0.2, 0.25) is 0 Å². The Morgan fingerprint density at radius 1 is 1.12 bits per heavy atom. The minimum atomic E-state index is 0.627. The number of nitrogens with zero attached hydrogens (tertiary/aromatic N) is 2. The molecular formula is C14H29N3. The lowest BCUT2D eigenvalue weighted by molar-refractivity contribution is 0.261. The lowest BCUT2D eigenvalue weighted by atomic mass is 10.1. The van der Waals surface area contributed by atoms with Crippen LogP contribution < -0.4 is 5.32 Å². The van der Waals surface area contributed by atoms with Gasteiger partial charge in [-0.15, -0.1) is 0 Å². The second-order valence-electron chi connectivity index (χ2n) is 6.11. The van der Waals surface area contributed by atoms with Crippen molar-refractivity contribution in [2.75, 3.05) is 39.3 Å². The van der Waals surface area contributed by atoms with E-state index in [4.69, 9.17) is 0 Å². The molecule has 0 spiro atoms. The van der Waals surface area contributed by atoms with E-state index in [9.17, 15) is 0 Å². The van der Waals surface area contributed by atoms with Crippen molar-refractivity contribution < 1.29 is 0 Å². The van der Waals surface area contributed by atoms with Gasteiger partial charge in [-0.1, -0.05) is 20.8 Å². The largest absolute Gasteiger partial charge is 0.310 e. The molecule has 2 aliphatic heterocycles. The second-order valence-corrected chi connectivity index (χ2v) is 6.11. The maximum Gasteiger partial charge on any atom is 0.0209 e. The van der Waals surface area contributed by atoms with Crippen LogP contribution in [0.4, 0.5) is 0 Å². The lowest BCUT2D eigenvalue weighted by Crippen LogP contribution is -2.38. The van der Waals surface area contributed by atoms with Gasteiger partial charge < -0.3 is 15.1 Å². The predicted octanol–water partition coefficient (Wildman–Crippen LogP) is 1.40. The molecule has 2 aliphatic rings. The monoisotopic (exact) mass is 239 g/mol. The van der Waals surface area contributed by atoms with Gasteiger partial charge in [0.1, 0.15) is 0 Å². The van der Waals surface area contributed by atoms with Crippen LogP contribution in [0.25, 0.3) is 0 Å². The molecule has 3 heteroatoms. The first kappa shape index (κ1) is 13.3. The van der Waals surface area contributed by atoms with Crippen LogP contribution in [0.3, 0.4) is 0 Å². The minimum absolute atomic E-state index is 0.627. The quantitative estimate of drug-likeness (QED) is 0.782. The third-order valence-corrected chi connectivity index (χ3v) is 4.17. The Bertz CT molecular complexity index is 230. The predicted molar refractivity (Wildman–Crippen MR) is 73.3 cm³/mol. The zero-order valence-corrected chi connectivity index (χ0v) is 11.8. The summed E-state index contributed by atoms with van der Waals surface area (Å²) < 4.78 is 0. The molecule has 0 aromatic rings. The summed E-state index contributed by atoms with van der Waals surface area (Å²) in [6, 6.07) is 1.36. The van der Waals surface area contributed by atoms with Crippen LogP contribution in [0, 0.1) is 5.92 Å². The highest BCUT2D eigenvalue weighted by molar-refractivity contribution is 4.85. The Balaban J connectivity index is 1.68. The van der Waals surface area contributed by atoms with Gasteiger partial charge in [-0.3, -0.25) is 0 Å². The summed E-state index contributed by atoms with van der Waals surface area (Å²) in [7, 11) is 0. The van der Waals surface area contributed by atoms with Crippen molar-refractivity contribution in [3.63, 3.8) is 0 Å². The number of likely N-dealkylation sites (tertiary alicyclic amines) is 2. The Kier molecular flexibility index (Phi) is 4.83. The summed E-state index contributed by atoms with van der Waals surface area (Å²) in [4.78, 5) is 5.26. The van der Waals surface area contributed by atoms with Gasteiger partial charge in [-0.2, -0.15) is 0 Å². The van der Waals surface area contributed by atoms with Crippen molar-refractivity contribution >= 4 is 0 Å². The summed E-state index contributed by atoms with van der Waals surface area (Å²) in [6.07, 6.45) is 2.75. The molecule has 0 amide bonds. The van der Waals surface area contributed by atoms with E-state index in [-0.39, 0.29) is 0 Å².